The molecule has 1 aromatic carbocycles. The molecule has 1 aliphatic rings. The first-order chi connectivity index (χ1) is 8.84. The molecular weight excluding hydrogens is 274 g/mol. The molecule has 1 saturated carbocycles. The van der Waals surface area contributed by atoms with Crippen molar-refractivity contribution in [2.45, 2.75) is 24.2 Å². The second kappa shape index (κ2) is 5.05. The Labute approximate surface area is 111 Å². The van der Waals surface area contributed by atoms with Crippen LogP contribution in [-0.2, 0) is 10.0 Å². The molecule has 0 aliphatic heterocycles. The minimum atomic E-state index is -3.97. The van der Waals surface area contributed by atoms with Gasteiger partial charge in [0, 0.05) is 13.6 Å². The summed E-state index contributed by atoms with van der Waals surface area (Å²) in [4.78, 5) is -0.576. The molecule has 0 amide bonds. The minimum absolute atomic E-state index is 0.320. The van der Waals surface area contributed by atoms with E-state index in [-0.39, 0.29) is 0 Å². The molecule has 19 heavy (non-hydrogen) atoms. The molecule has 0 atom stereocenters. The predicted octanol–water partition coefficient (Wildman–Crippen LogP) is 1.97. The third-order valence-corrected chi connectivity index (χ3v) is 5.36. The Kier molecular flexibility index (Phi) is 3.78. The SMILES string of the molecule is CN(CC1CCC1)S(=O)(=O)c1ccc(F)c(N)c1F. The number of hydrogen-bond acceptors (Lipinski definition) is 3. The smallest absolute Gasteiger partial charge is 0.245 e. The minimum Gasteiger partial charge on any atom is -0.394 e. The lowest BCUT2D eigenvalue weighted by molar-refractivity contribution is 0.262. The number of sulfonamides is 1. The third-order valence-electron chi connectivity index (χ3n) is 3.52. The van der Waals surface area contributed by atoms with Crippen LogP contribution in [0.5, 0.6) is 0 Å². The molecule has 0 heterocycles. The van der Waals surface area contributed by atoms with Gasteiger partial charge in [-0.05, 0) is 30.9 Å². The molecule has 0 spiro atoms. The average Bonchev–Trinajstić information content (AvgIpc) is 2.30. The Bertz CT molecular complexity index is 586. The molecule has 106 valence electrons. The summed E-state index contributed by atoms with van der Waals surface area (Å²) in [6, 6.07) is 1.77. The fourth-order valence-corrected chi connectivity index (χ4v) is 3.37. The van der Waals surface area contributed by atoms with Gasteiger partial charge in [-0.25, -0.2) is 21.5 Å². The van der Waals surface area contributed by atoms with E-state index in [4.69, 9.17) is 5.73 Å². The number of nitrogen functional groups attached to an aromatic ring is 1. The van der Waals surface area contributed by atoms with Crippen LogP contribution in [-0.4, -0.2) is 26.3 Å². The fraction of sp³-hybridized carbons (Fsp3) is 0.500. The molecule has 0 bridgehead atoms. The summed E-state index contributed by atoms with van der Waals surface area (Å²) in [6.07, 6.45) is 3.05. The van der Waals surface area contributed by atoms with Gasteiger partial charge >= 0.3 is 0 Å². The maximum absolute atomic E-state index is 13.8. The Morgan fingerprint density at radius 2 is 2.00 bits per heavy atom. The predicted molar refractivity (Wildman–Crippen MR) is 67.9 cm³/mol. The second-order valence-electron chi connectivity index (χ2n) is 4.86. The van der Waals surface area contributed by atoms with Crippen molar-refractivity contribution in [1.82, 2.24) is 4.31 Å². The van der Waals surface area contributed by atoms with E-state index >= 15 is 0 Å². The molecule has 7 heteroatoms. The fourth-order valence-electron chi connectivity index (χ4n) is 2.05. The number of anilines is 1. The highest BCUT2D eigenvalue weighted by atomic mass is 32.2. The van der Waals surface area contributed by atoms with Crippen molar-refractivity contribution in [3.63, 3.8) is 0 Å². The van der Waals surface area contributed by atoms with Crippen molar-refractivity contribution in [2.75, 3.05) is 19.3 Å². The van der Waals surface area contributed by atoms with Gasteiger partial charge in [-0.2, -0.15) is 0 Å². The Hall–Kier alpha value is -1.21. The molecule has 2 N–H and O–H groups in total. The van der Waals surface area contributed by atoms with Crippen molar-refractivity contribution >= 4 is 15.7 Å². The molecule has 0 radical (unpaired) electrons. The molecule has 2 rings (SSSR count). The number of hydrogen-bond donors (Lipinski definition) is 1. The highest BCUT2D eigenvalue weighted by Gasteiger charge is 2.30. The number of nitrogens with zero attached hydrogens (tertiary/aromatic N) is 1. The lowest BCUT2D eigenvalue weighted by atomic mass is 9.86. The van der Waals surface area contributed by atoms with Gasteiger partial charge in [-0.15, -0.1) is 0 Å². The molecule has 1 aromatic rings. The van der Waals surface area contributed by atoms with Crippen LogP contribution in [0.25, 0.3) is 0 Å². The highest BCUT2D eigenvalue weighted by molar-refractivity contribution is 7.89. The second-order valence-corrected chi connectivity index (χ2v) is 6.87. The van der Waals surface area contributed by atoms with Gasteiger partial charge in [0.15, 0.2) is 5.82 Å². The molecular formula is C12H16F2N2O2S. The van der Waals surface area contributed by atoms with Crippen LogP contribution >= 0.6 is 0 Å². The van der Waals surface area contributed by atoms with E-state index in [1.54, 1.807) is 0 Å². The van der Waals surface area contributed by atoms with Crippen LogP contribution in [0.1, 0.15) is 19.3 Å². The Morgan fingerprint density at radius 1 is 1.37 bits per heavy atom. The Morgan fingerprint density at radius 3 is 2.53 bits per heavy atom. The van der Waals surface area contributed by atoms with Crippen molar-refractivity contribution < 1.29 is 17.2 Å². The van der Waals surface area contributed by atoms with Gasteiger partial charge < -0.3 is 5.73 Å². The zero-order chi connectivity index (χ0) is 14.2. The lowest BCUT2D eigenvalue weighted by Crippen LogP contribution is -2.34. The molecule has 0 aromatic heterocycles. The zero-order valence-corrected chi connectivity index (χ0v) is 11.4. The van der Waals surface area contributed by atoms with E-state index < -0.39 is 32.2 Å². The van der Waals surface area contributed by atoms with Crippen molar-refractivity contribution in [2.24, 2.45) is 5.92 Å². The summed E-state index contributed by atoms with van der Waals surface area (Å²) in [6.45, 7) is 0.346. The van der Waals surface area contributed by atoms with Crippen molar-refractivity contribution in [3.05, 3.63) is 23.8 Å². The summed E-state index contributed by atoms with van der Waals surface area (Å²) in [5, 5.41) is 0. The highest BCUT2D eigenvalue weighted by Crippen LogP contribution is 2.30. The van der Waals surface area contributed by atoms with Crippen molar-refractivity contribution in [1.29, 1.82) is 0 Å². The van der Waals surface area contributed by atoms with Crippen LogP contribution < -0.4 is 5.73 Å². The molecule has 0 unspecified atom stereocenters. The van der Waals surface area contributed by atoms with Crippen LogP contribution in [0, 0.1) is 17.6 Å². The largest absolute Gasteiger partial charge is 0.394 e. The number of nitrogens with two attached hydrogens (primary N) is 1. The van der Waals surface area contributed by atoms with Gasteiger partial charge in [0.05, 0.1) is 0 Å². The van der Waals surface area contributed by atoms with Gasteiger partial charge in [-0.1, -0.05) is 6.42 Å². The van der Waals surface area contributed by atoms with E-state index in [0.717, 1.165) is 35.7 Å². The number of halogens is 2. The van der Waals surface area contributed by atoms with Gasteiger partial charge in [-0.3, -0.25) is 0 Å². The summed E-state index contributed by atoms with van der Waals surface area (Å²) in [5.74, 6) is -1.86. The van der Waals surface area contributed by atoms with Crippen LogP contribution in [0.15, 0.2) is 17.0 Å². The summed E-state index contributed by atoms with van der Waals surface area (Å²) in [7, 11) is -2.57. The topological polar surface area (TPSA) is 63.4 Å². The summed E-state index contributed by atoms with van der Waals surface area (Å²) in [5.41, 5.74) is 4.42. The Balaban J connectivity index is 2.30. The van der Waals surface area contributed by atoms with Crippen LogP contribution in [0.2, 0.25) is 0 Å². The van der Waals surface area contributed by atoms with Gasteiger partial charge in [0.1, 0.15) is 16.4 Å². The van der Waals surface area contributed by atoms with E-state index in [2.05, 4.69) is 0 Å². The first-order valence-corrected chi connectivity index (χ1v) is 7.48. The standard InChI is InChI=1S/C12H16F2N2O2S/c1-16(7-8-3-2-4-8)19(17,18)10-6-5-9(13)12(15)11(10)14/h5-6,8H,2-4,7,15H2,1H3. The third kappa shape index (κ3) is 2.57. The van der Waals surface area contributed by atoms with Crippen molar-refractivity contribution in [3.8, 4) is 0 Å². The quantitative estimate of drug-likeness (QED) is 0.862. The maximum atomic E-state index is 13.8. The first kappa shape index (κ1) is 14.2. The number of benzene rings is 1. The average molecular weight is 290 g/mol. The molecule has 0 saturated heterocycles. The number of rotatable bonds is 4. The molecule has 1 aliphatic carbocycles. The molecule has 4 nitrogen and oxygen atoms in total. The van der Waals surface area contributed by atoms with Gasteiger partial charge in [0.2, 0.25) is 10.0 Å². The zero-order valence-electron chi connectivity index (χ0n) is 10.6. The maximum Gasteiger partial charge on any atom is 0.245 e. The van der Waals surface area contributed by atoms with Gasteiger partial charge in [0.25, 0.3) is 0 Å². The van der Waals surface area contributed by atoms with Crippen LogP contribution in [0.3, 0.4) is 0 Å². The van der Waals surface area contributed by atoms with E-state index in [1.165, 1.54) is 7.05 Å². The first-order valence-electron chi connectivity index (χ1n) is 6.04. The van der Waals surface area contributed by atoms with E-state index in [0.29, 0.717) is 12.5 Å². The summed E-state index contributed by atoms with van der Waals surface area (Å²) < 4.78 is 52.3. The van der Waals surface area contributed by atoms with E-state index in [9.17, 15) is 17.2 Å². The summed E-state index contributed by atoms with van der Waals surface area (Å²) >= 11 is 0. The molecule has 1 fully saturated rings. The normalized spacial score (nSPS) is 16.6. The monoisotopic (exact) mass is 290 g/mol. The van der Waals surface area contributed by atoms with E-state index in [1.807, 2.05) is 0 Å². The van der Waals surface area contributed by atoms with Crippen LogP contribution in [0.4, 0.5) is 14.5 Å². The lowest BCUT2D eigenvalue weighted by Gasteiger charge is -2.29.